The number of aryl methyl sites for hydroxylation is 3. The number of carbonyl (C=O) groups excluding carboxylic acids is 1. The molecule has 1 aliphatic rings. The van der Waals surface area contributed by atoms with Gasteiger partial charge in [-0.15, -0.1) is 11.3 Å². The Labute approximate surface area is 164 Å². The minimum atomic E-state index is 0.0872. The smallest absolute Gasteiger partial charge is 0.234 e. The molecular weight excluding hydrogens is 362 g/mol. The molecule has 0 aliphatic carbocycles. The highest BCUT2D eigenvalue weighted by Crippen LogP contribution is 2.35. The van der Waals surface area contributed by atoms with Crippen LogP contribution in [0.2, 0.25) is 0 Å². The number of nitrogens with one attached hydrogen (secondary N) is 1. The molecule has 1 N–H and O–H groups in total. The van der Waals surface area contributed by atoms with E-state index >= 15 is 0 Å². The third kappa shape index (κ3) is 4.75. The fraction of sp³-hybridized carbons (Fsp3) is 0.632. The predicted octanol–water partition coefficient (Wildman–Crippen LogP) is 1.89. The summed E-state index contributed by atoms with van der Waals surface area (Å²) in [6.07, 6.45) is 0.846. The Balaban J connectivity index is 1.60. The van der Waals surface area contributed by atoms with Gasteiger partial charge in [-0.2, -0.15) is 0 Å². The van der Waals surface area contributed by atoms with Crippen LogP contribution in [0.5, 0.6) is 0 Å². The van der Waals surface area contributed by atoms with Gasteiger partial charge in [-0.3, -0.25) is 9.69 Å². The zero-order valence-electron chi connectivity index (χ0n) is 16.7. The molecule has 0 atom stereocenters. The Bertz CT molecular complexity index is 799. The number of anilines is 1. The molecule has 0 bridgehead atoms. The molecule has 3 rings (SSSR count). The normalized spacial score (nSPS) is 15.5. The average Bonchev–Trinajstić information content (AvgIpc) is 2.92. The summed E-state index contributed by atoms with van der Waals surface area (Å²) in [5, 5.41) is 4.14. The minimum absolute atomic E-state index is 0.0872. The van der Waals surface area contributed by atoms with Crippen LogP contribution in [0.1, 0.15) is 22.7 Å². The van der Waals surface area contributed by atoms with Crippen molar-refractivity contribution in [3.63, 3.8) is 0 Å². The SMILES string of the molecule is COCCCNC(=O)CN1CCN(c2nc(C)nc3sc(C)c(C)c23)CC1. The van der Waals surface area contributed by atoms with Crippen molar-refractivity contribution in [1.29, 1.82) is 0 Å². The van der Waals surface area contributed by atoms with Crippen LogP contribution in [-0.2, 0) is 9.53 Å². The second kappa shape index (κ2) is 8.95. The molecule has 0 radical (unpaired) electrons. The van der Waals surface area contributed by atoms with Crippen molar-refractivity contribution in [2.24, 2.45) is 0 Å². The van der Waals surface area contributed by atoms with E-state index in [1.807, 2.05) is 6.92 Å². The van der Waals surface area contributed by atoms with Crippen LogP contribution < -0.4 is 10.2 Å². The molecule has 1 aliphatic heterocycles. The van der Waals surface area contributed by atoms with E-state index in [1.54, 1.807) is 18.4 Å². The Kier molecular flexibility index (Phi) is 6.62. The van der Waals surface area contributed by atoms with Crippen LogP contribution in [-0.4, -0.2) is 73.8 Å². The number of nitrogens with zero attached hydrogens (tertiary/aromatic N) is 4. The lowest BCUT2D eigenvalue weighted by Gasteiger charge is -2.35. The number of carbonyl (C=O) groups is 1. The summed E-state index contributed by atoms with van der Waals surface area (Å²) >= 11 is 1.74. The van der Waals surface area contributed by atoms with Crippen molar-refractivity contribution in [3.8, 4) is 0 Å². The van der Waals surface area contributed by atoms with Crippen molar-refractivity contribution < 1.29 is 9.53 Å². The molecule has 0 spiro atoms. The fourth-order valence-corrected chi connectivity index (χ4v) is 4.45. The molecule has 2 aromatic rings. The second-order valence-corrected chi connectivity index (χ2v) is 8.22. The van der Waals surface area contributed by atoms with E-state index in [-0.39, 0.29) is 5.91 Å². The summed E-state index contributed by atoms with van der Waals surface area (Å²) < 4.78 is 5.00. The molecule has 1 saturated heterocycles. The lowest BCUT2D eigenvalue weighted by atomic mass is 10.2. The van der Waals surface area contributed by atoms with Crippen molar-refractivity contribution >= 4 is 33.3 Å². The highest BCUT2D eigenvalue weighted by molar-refractivity contribution is 7.18. The average molecular weight is 392 g/mol. The summed E-state index contributed by atoms with van der Waals surface area (Å²) in [5.41, 5.74) is 1.28. The molecule has 1 amide bonds. The number of hydrogen-bond acceptors (Lipinski definition) is 7. The first-order valence-electron chi connectivity index (χ1n) is 9.47. The summed E-state index contributed by atoms with van der Waals surface area (Å²) in [6.45, 7) is 11.5. The van der Waals surface area contributed by atoms with Crippen molar-refractivity contribution in [1.82, 2.24) is 20.2 Å². The number of piperazine rings is 1. The van der Waals surface area contributed by atoms with Crippen LogP contribution in [0.4, 0.5) is 5.82 Å². The second-order valence-electron chi connectivity index (χ2n) is 7.02. The summed E-state index contributed by atoms with van der Waals surface area (Å²) in [4.78, 5) is 28.4. The molecule has 3 heterocycles. The van der Waals surface area contributed by atoms with Gasteiger partial charge < -0.3 is 15.0 Å². The van der Waals surface area contributed by atoms with E-state index < -0.39 is 0 Å². The predicted molar refractivity (Wildman–Crippen MR) is 110 cm³/mol. The molecule has 8 heteroatoms. The molecule has 0 saturated carbocycles. The third-order valence-electron chi connectivity index (χ3n) is 5.01. The van der Waals surface area contributed by atoms with E-state index in [1.165, 1.54) is 15.8 Å². The van der Waals surface area contributed by atoms with Gasteiger partial charge in [-0.05, 0) is 32.8 Å². The first-order valence-corrected chi connectivity index (χ1v) is 10.3. The lowest BCUT2D eigenvalue weighted by Crippen LogP contribution is -2.50. The van der Waals surface area contributed by atoms with Crippen LogP contribution in [0.25, 0.3) is 10.2 Å². The highest BCUT2D eigenvalue weighted by Gasteiger charge is 2.23. The number of fused-ring (bicyclic) bond motifs is 1. The standard InChI is InChI=1S/C19H29N5O2S/c1-13-14(2)27-19-17(13)18(21-15(3)22-19)24-9-7-23(8-10-24)12-16(25)20-6-5-11-26-4/h5-12H2,1-4H3,(H,20,25). The quantitative estimate of drug-likeness (QED) is 0.727. The van der Waals surface area contributed by atoms with Crippen molar-refractivity contribution in [2.75, 3.05) is 57.9 Å². The number of rotatable bonds is 7. The van der Waals surface area contributed by atoms with Gasteiger partial charge in [0, 0.05) is 51.3 Å². The first kappa shape index (κ1) is 20.0. The highest BCUT2D eigenvalue weighted by atomic mass is 32.1. The van der Waals surface area contributed by atoms with Gasteiger partial charge in [-0.25, -0.2) is 9.97 Å². The number of ether oxygens (including phenoxy) is 1. The monoisotopic (exact) mass is 391 g/mol. The Hall–Kier alpha value is -1.77. The molecular formula is C19H29N5O2S. The van der Waals surface area contributed by atoms with Crippen LogP contribution in [0.3, 0.4) is 0 Å². The lowest BCUT2D eigenvalue weighted by molar-refractivity contribution is -0.122. The van der Waals surface area contributed by atoms with Gasteiger partial charge >= 0.3 is 0 Å². The maximum absolute atomic E-state index is 12.1. The molecule has 0 unspecified atom stereocenters. The summed E-state index contributed by atoms with van der Waals surface area (Å²) in [7, 11) is 1.67. The number of hydrogen-bond donors (Lipinski definition) is 1. The molecule has 1 fully saturated rings. The fourth-order valence-electron chi connectivity index (χ4n) is 3.38. The van der Waals surface area contributed by atoms with Gasteiger partial charge in [0.1, 0.15) is 16.5 Å². The Morgan fingerprint density at radius 2 is 1.93 bits per heavy atom. The molecule has 0 aromatic carbocycles. The Morgan fingerprint density at radius 3 is 2.63 bits per heavy atom. The van der Waals surface area contributed by atoms with E-state index in [0.29, 0.717) is 19.7 Å². The number of amides is 1. The number of methoxy groups -OCH3 is 1. The summed E-state index contributed by atoms with van der Waals surface area (Å²) in [5.74, 6) is 1.95. The van der Waals surface area contributed by atoms with Crippen molar-refractivity contribution in [2.45, 2.75) is 27.2 Å². The Morgan fingerprint density at radius 1 is 1.19 bits per heavy atom. The van der Waals surface area contributed by atoms with E-state index in [4.69, 9.17) is 9.72 Å². The molecule has 2 aromatic heterocycles. The molecule has 27 heavy (non-hydrogen) atoms. The largest absolute Gasteiger partial charge is 0.385 e. The molecule has 7 nitrogen and oxygen atoms in total. The molecule has 148 valence electrons. The number of thiophene rings is 1. The van der Waals surface area contributed by atoms with Gasteiger partial charge in [0.25, 0.3) is 0 Å². The van der Waals surface area contributed by atoms with E-state index in [9.17, 15) is 4.79 Å². The zero-order chi connectivity index (χ0) is 19.4. The van der Waals surface area contributed by atoms with Crippen LogP contribution in [0.15, 0.2) is 0 Å². The van der Waals surface area contributed by atoms with Gasteiger partial charge in [0.15, 0.2) is 0 Å². The minimum Gasteiger partial charge on any atom is -0.385 e. The maximum atomic E-state index is 12.1. The van der Waals surface area contributed by atoms with Crippen LogP contribution in [0, 0.1) is 20.8 Å². The first-order chi connectivity index (χ1) is 13.0. The third-order valence-corrected chi connectivity index (χ3v) is 6.11. The number of aromatic nitrogens is 2. The summed E-state index contributed by atoms with van der Waals surface area (Å²) in [6, 6.07) is 0. The maximum Gasteiger partial charge on any atom is 0.234 e. The zero-order valence-corrected chi connectivity index (χ0v) is 17.5. The van der Waals surface area contributed by atoms with Crippen molar-refractivity contribution in [3.05, 3.63) is 16.3 Å². The van der Waals surface area contributed by atoms with E-state index in [0.717, 1.165) is 49.1 Å². The van der Waals surface area contributed by atoms with E-state index in [2.05, 4.69) is 33.9 Å². The van der Waals surface area contributed by atoms with Gasteiger partial charge in [0.05, 0.1) is 11.9 Å². The topological polar surface area (TPSA) is 70.6 Å². The van der Waals surface area contributed by atoms with Gasteiger partial charge in [-0.1, -0.05) is 0 Å². The van der Waals surface area contributed by atoms with Gasteiger partial charge in [0.2, 0.25) is 5.91 Å². The van der Waals surface area contributed by atoms with Crippen LogP contribution >= 0.6 is 11.3 Å².